The van der Waals surface area contributed by atoms with Crippen LogP contribution in [0.3, 0.4) is 0 Å². The average Bonchev–Trinajstić information content (AvgIpc) is 3.08. The number of carbonyl (C=O) groups is 3. The Balaban J connectivity index is 1.65. The van der Waals surface area contributed by atoms with Crippen molar-refractivity contribution in [1.29, 1.82) is 0 Å². The molecule has 0 saturated heterocycles. The van der Waals surface area contributed by atoms with Gasteiger partial charge in [-0.15, -0.1) is 0 Å². The molecule has 2 amide bonds. The van der Waals surface area contributed by atoms with E-state index in [0.29, 0.717) is 0 Å². The van der Waals surface area contributed by atoms with E-state index < -0.39 is 41.6 Å². The molecule has 0 fully saturated rings. The molecule has 0 aromatic heterocycles. The number of fused-ring (bicyclic) bond motifs is 3. The van der Waals surface area contributed by atoms with E-state index in [-0.39, 0.29) is 18.9 Å². The number of hydrogen-bond acceptors (Lipinski definition) is 5. The van der Waals surface area contributed by atoms with Crippen molar-refractivity contribution in [3.63, 3.8) is 0 Å². The minimum atomic E-state index is -1.43. The second-order valence-electron chi connectivity index (χ2n) is 9.72. The van der Waals surface area contributed by atoms with E-state index in [1.54, 1.807) is 0 Å². The Kier molecular flexibility index (Phi) is 7.61. The van der Waals surface area contributed by atoms with Crippen LogP contribution in [0, 0.1) is 5.41 Å². The largest absolute Gasteiger partial charge is 0.480 e. The molecule has 0 saturated carbocycles. The summed E-state index contributed by atoms with van der Waals surface area (Å²) in [6.45, 7) is 7.01. The van der Waals surface area contributed by atoms with E-state index >= 15 is 0 Å². The van der Waals surface area contributed by atoms with Crippen LogP contribution < -0.4 is 10.6 Å². The first-order valence-corrected chi connectivity index (χ1v) is 11.3. The standard InChI is InChI=1S/C26H32N2O6/c1-15(29)23(24(31)32)28-22(30)13-21(26(2,3)4)27-25(33)34-14-20-18-11-7-5-9-16(18)17-10-6-8-12-19(17)20/h5-12,15,20-21,23,29H,13-14H2,1-4H3,(H,27,33)(H,28,30)(H,31,32)/t15-,21?,23+/m1/s1. The van der Waals surface area contributed by atoms with Crippen LogP contribution in [0.15, 0.2) is 48.5 Å². The minimum absolute atomic E-state index is 0.0862. The van der Waals surface area contributed by atoms with Gasteiger partial charge in [0.15, 0.2) is 6.04 Å². The number of aliphatic hydroxyl groups excluding tert-OH is 1. The van der Waals surface area contributed by atoms with Crippen molar-refractivity contribution in [2.24, 2.45) is 5.41 Å². The van der Waals surface area contributed by atoms with E-state index in [1.807, 2.05) is 57.2 Å². The minimum Gasteiger partial charge on any atom is -0.480 e. The third-order valence-electron chi connectivity index (χ3n) is 6.14. The first kappa shape index (κ1) is 25.2. The van der Waals surface area contributed by atoms with E-state index in [0.717, 1.165) is 22.3 Å². The molecule has 3 atom stereocenters. The molecule has 1 aliphatic carbocycles. The number of benzene rings is 2. The summed E-state index contributed by atoms with van der Waals surface area (Å²) in [5, 5.41) is 23.8. The van der Waals surface area contributed by atoms with Crippen LogP contribution in [0.1, 0.15) is 51.2 Å². The van der Waals surface area contributed by atoms with Gasteiger partial charge in [-0.3, -0.25) is 4.79 Å². The van der Waals surface area contributed by atoms with Gasteiger partial charge in [-0.05, 0) is 34.6 Å². The normalized spacial score (nSPS) is 15.4. The van der Waals surface area contributed by atoms with Gasteiger partial charge in [-0.1, -0.05) is 69.3 Å². The number of rotatable bonds is 8. The third kappa shape index (κ3) is 5.75. The Hall–Kier alpha value is -3.39. The van der Waals surface area contributed by atoms with Crippen LogP contribution in [0.25, 0.3) is 11.1 Å². The van der Waals surface area contributed by atoms with Crippen molar-refractivity contribution >= 4 is 18.0 Å². The maximum atomic E-state index is 12.7. The summed E-state index contributed by atoms with van der Waals surface area (Å²) >= 11 is 0. The van der Waals surface area contributed by atoms with Crippen molar-refractivity contribution in [2.75, 3.05) is 6.61 Å². The number of alkyl carbamates (subject to hydrolysis) is 1. The number of aliphatic carboxylic acids is 1. The van der Waals surface area contributed by atoms with E-state index in [2.05, 4.69) is 22.8 Å². The number of hydrogen-bond donors (Lipinski definition) is 4. The summed E-state index contributed by atoms with van der Waals surface area (Å²) in [6, 6.07) is 14.0. The van der Waals surface area contributed by atoms with Gasteiger partial charge >= 0.3 is 12.1 Å². The Labute approximate surface area is 199 Å². The average molecular weight is 469 g/mol. The van der Waals surface area contributed by atoms with E-state index in [1.165, 1.54) is 6.92 Å². The summed E-state index contributed by atoms with van der Waals surface area (Å²) in [4.78, 5) is 36.4. The monoisotopic (exact) mass is 468 g/mol. The highest BCUT2D eigenvalue weighted by Gasteiger charge is 2.33. The van der Waals surface area contributed by atoms with Crippen molar-refractivity contribution in [3.8, 4) is 11.1 Å². The van der Waals surface area contributed by atoms with Crippen LogP contribution in [-0.4, -0.2) is 53.0 Å². The van der Waals surface area contributed by atoms with E-state index in [9.17, 15) is 24.6 Å². The zero-order valence-corrected chi connectivity index (χ0v) is 19.9. The molecule has 182 valence electrons. The molecule has 0 radical (unpaired) electrons. The van der Waals surface area contributed by atoms with Crippen LogP contribution in [0.4, 0.5) is 4.79 Å². The number of amides is 2. The van der Waals surface area contributed by atoms with Gasteiger partial charge in [0.05, 0.1) is 6.10 Å². The summed E-state index contributed by atoms with van der Waals surface area (Å²) in [5.41, 5.74) is 3.94. The molecule has 8 nitrogen and oxygen atoms in total. The van der Waals surface area contributed by atoms with Gasteiger partial charge in [-0.25, -0.2) is 9.59 Å². The highest BCUT2D eigenvalue weighted by Crippen LogP contribution is 2.44. The number of carboxylic acid groups (broad SMARTS) is 1. The number of nitrogens with one attached hydrogen (secondary N) is 2. The molecule has 2 aromatic rings. The Morgan fingerprint density at radius 1 is 0.971 bits per heavy atom. The fourth-order valence-corrected chi connectivity index (χ4v) is 4.16. The first-order chi connectivity index (χ1) is 16.0. The molecule has 1 aliphatic rings. The van der Waals surface area contributed by atoms with Crippen LogP contribution in [0.2, 0.25) is 0 Å². The quantitative estimate of drug-likeness (QED) is 0.471. The summed E-state index contributed by atoms with van der Waals surface area (Å²) < 4.78 is 5.59. The molecular formula is C26H32N2O6. The predicted molar refractivity (Wildman–Crippen MR) is 127 cm³/mol. The zero-order valence-electron chi connectivity index (χ0n) is 19.9. The first-order valence-electron chi connectivity index (χ1n) is 11.3. The maximum Gasteiger partial charge on any atom is 0.407 e. The Morgan fingerprint density at radius 3 is 1.97 bits per heavy atom. The summed E-state index contributed by atoms with van der Waals surface area (Å²) in [6.07, 6.45) is -2.07. The second-order valence-corrected chi connectivity index (χ2v) is 9.72. The van der Waals surface area contributed by atoms with Crippen LogP contribution >= 0.6 is 0 Å². The summed E-state index contributed by atoms with van der Waals surface area (Å²) in [7, 11) is 0. The van der Waals surface area contributed by atoms with Crippen molar-refractivity contribution in [2.45, 2.75) is 58.2 Å². The van der Waals surface area contributed by atoms with Crippen molar-refractivity contribution < 1.29 is 29.3 Å². The molecule has 0 heterocycles. The van der Waals surface area contributed by atoms with Crippen LogP contribution in [0.5, 0.6) is 0 Å². The maximum absolute atomic E-state index is 12.7. The molecule has 2 aromatic carbocycles. The molecule has 3 rings (SSSR count). The highest BCUT2D eigenvalue weighted by molar-refractivity contribution is 5.84. The highest BCUT2D eigenvalue weighted by atomic mass is 16.5. The number of aliphatic hydroxyl groups is 1. The topological polar surface area (TPSA) is 125 Å². The van der Waals surface area contributed by atoms with Crippen molar-refractivity contribution in [1.82, 2.24) is 10.6 Å². The Morgan fingerprint density at radius 2 is 1.50 bits per heavy atom. The van der Waals surface area contributed by atoms with Gasteiger partial charge in [0, 0.05) is 18.4 Å². The molecule has 1 unspecified atom stereocenters. The summed E-state index contributed by atoms with van der Waals surface area (Å²) in [5.74, 6) is -2.01. The van der Waals surface area contributed by atoms with Gasteiger partial charge < -0.3 is 25.6 Å². The van der Waals surface area contributed by atoms with E-state index in [4.69, 9.17) is 4.74 Å². The molecule has 4 N–H and O–H groups in total. The molecule has 0 spiro atoms. The second kappa shape index (κ2) is 10.3. The van der Waals surface area contributed by atoms with Gasteiger partial charge in [-0.2, -0.15) is 0 Å². The van der Waals surface area contributed by atoms with Gasteiger partial charge in [0.25, 0.3) is 0 Å². The fraction of sp³-hybridized carbons (Fsp3) is 0.423. The van der Waals surface area contributed by atoms with Crippen molar-refractivity contribution in [3.05, 3.63) is 59.7 Å². The lowest BCUT2D eigenvalue weighted by atomic mass is 9.84. The molecule has 34 heavy (non-hydrogen) atoms. The van der Waals surface area contributed by atoms with Gasteiger partial charge in [0.2, 0.25) is 5.91 Å². The third-order valence-corrected chi connectivity index (χ3v) is 6.14. The van der Waals surface area contributed by atoms with Gasteiger partial charge in [0.1, 0.15) is 6.61 Å². The number of carboxylic acids is 1. The lowest BCUT2D eigenvalue weighted by Gasteiger charge is -2.31. The van der Waals surface area contributed by atoms with Crippen LogP contribution in [-0.2, 0) is 14.3 Å². The molecular weight excluding hydrogens is 436 g/mol. The smallest absolute Gasteiger partial charge is 0.407 e. The lowest BCUT2D eigenvalue weighted by Crippen LogP contribution is -2.51. The molecule has 8 heteroatoms. The Bertz CT molecular complexity index is 1010. The lowest BCUT2D eigenvalue weighted by molar-refractivity contribution is -0.144. The zero-order chi connectivity index (χ0) is 25.0. The number of ether oxygens (including phenoxy) is 1. The molecule has 0 bridgehead atoms. The predicted octanol–water partition coefficient (Wildman–Crippen LogP) is 3.28. The fourth-order valence-electron chi connectivity index (χ4n) is 4.16. The molecule has 0 aliphatic heterocycles. The number of carbonyl (C=O) groups excluding carboxylic acids is 2. The SMILES string of the molecule is C[C@@H](O)[C@H](NC(=O)CC(NC(=O)OCC1c2ccccc2-c2ccccc21)C(C)(C)C)C(=O)O.